The second-order valence-corrected chi connectivity index (χ2v) is 7.78. The summed E-state index contributed by atoms with van der Waals surface area (Å²) < 4.78 is 21.8. The van der Waals surface area contributed by atoms with Gasteiger partial charge in [-0.2, -0.15) is 0 Å². The average Bonchev–Trinajstić information content (AvgIpc) is 2.76. The Morgan fingerprint density at radius 3 is 1.97 bits per heavy atom. The van der Waals surface area contributed by atoms with E-state index in [9.17, 15) is 5.11 Å². The molecule has 0 aliphatic heterocycles. The molecule has 0 aromatic heterocycles. The molecule has 0 unspecified atom stereocenters. The number of ether oxygens (including phenoxy) is 4. The number of phenols is 1. The zero-order chi connectivity index (χ0) is 22.3. The molecule has 31 heavy (non-hydrogen) atoms. The molecule has 0 saturated heterocycles. The second-order valence-electron chi connectivity index (χ2n) is 7.03. The van der Waals surface area contributed by atoms with E-state index in [0.29, 0.717) is 57.8 Å². The largest absolute Gasteiger partial charge is 0.508 e. The van der Waals surface area contributed by atoms with Gasteiger partial charge in [0.15, 0.2) is 0 Å². The molecule has 7 heteroatoms. The second kappa shape index (κ2) is 15.3. The highest BCUT2D eigenvalue weighted by Crippen LogP contribution is 2.28. The third-order valence-corrected chi connectivity index (χ3v) is 5.08. The third-order valence-electron chi connectivity index (χ3n) is 4.71. The van der Waals surface area contributed by atoms with Gasteiger partial charge < -0.3 is 24.1 Å². The highest BCUT2D eigenvalue weighted by atomic mass is 35.5. The Balaban J connectivity index is 1.97. The van der Waals surface area contributed by atoms with Gasteiger partial charge in [-0.1, -0.05) is 24.3 Å². The summed E-state index contributed by atoms with van der Waals surface area (Å²) in [5, 5.41) is 10.3. The van der Waals surface area contributed by atoms with Gasteiger partial charge in [-0.3, -0.25) is 0 Å². The number of halogens is 2. The van der Waals surface area contributed by atoms with E-state index in [0.717, 1.165) is 40.8 Å². The maximum Gasteiger partial charge on any atom is 0.122 e. The average molecular weight is 471 g/mol. The molecule has 0 saturated carbocycles. The van der Waals surface area contributed by atoms with Crippen LogP contribution in [0, 0.1) is 0 Å². The highest BCUT2D eigenvalue weighted by Gasteiger charge is 2.11. The van der Waals surface area contributed by atoms with Gasteiger partial charge in [0.1, 0.15) is 18.1 Å². The van der Waals surface area contributed by atoms with Crippen molar-refractivity contribution in [1.29, 1.82) is 0 Å². The monoisotopic (exact) mass is 470 g/mol. The first kappa shape index (κ1) is 25.8. The van der Waals surface area contributed by atoms with Gasteiger partial charge in [0.25, 0.3) is 0 Å². The lowest BCUT2D eigenvalue weighted by molar-refractivity contribution is 0.0179. The SMILES string of the molecule is COCCOCCOCCOc1ccc(CCCl)cc1Cc1cc(CCCl)ccc1O. The fraction of sp³-hybridized carbons (Fsp3) is 0.500. The van der Waals surface area contributed by atoms with Gasteiger partial charge in [-0.15, -0.1) is 23.2 Å². The fourth-order valence-electron chi connectivity index (χ4n) is 3.10. The Bertz CT molecular complexity index is 770. The van der Waals surface area contributed by atoms with Crippen LogP contribution in [0.25, 0.3) is 0 Å². The molecule has 0 spiro atoms. The van der Waals surface area contributed by atoms with Crippen molar-refractivity contribution in [2.75, 3.05) is 58.5 Å². The number of aromatic hydroxyl groups is 1. The lowest BCUT2D eigenvalue weighted by Crippen LogP contribution is -2.13. The topological polar surface area (TPSA) is 57.2 Å². The summed E-state index contributed by atoms with van der Waals surface area (Å²) in [7, 11) is 1.64. The van der Waals surface area contributed by atoms with Gasteiger partial charge >= 0.3 is 0 Å². The highest BCUT2D eigenvalue weighted by molar-refractivity contribution is 6.18. The van der Waals surface area contributed by atoms with Crippen molar-refractivity contribution >= 4 is 23.2 Å². The first-order valence-corrected chi connectivity index (χ1v) is 11.6. The Morgan fingerprint density at radius 1 is 0.742 bits per heavy atom. The molecule has 0 radical (unpaired) electrons. The molecule has 2 aromatic rings. The first-order chi connectivity index (χ1) is 15.2. The molecule has 0 fully saturated rings. The molecule has 0 atom stereocenters. The van der Waals surface area contributed by atoms with Crippen molar-refractivity contribution in [2.24, 2.45) is 0 Å². The molecule has 172 valence electrons. The predicted molar refractivity (Wildman–Crippen MR) is 125 cm³/mol. The molecule has 0 bridgehead atoms. The van der Waals surface area contributed by atoms with Crippen LogP contribution < -0.4 is 4.74 Å². The molecule has 0 amide bonds. The van der Waals surface area contributed by atoms with Crippen LogP contribution in [0.2, 0.25) is 0 Å². The molecule has 1 N–H and O–H groups in total. The summed E-state index contributed by atoms with van der Waals surface area (Å²) in [6.45, 7) is 3.07. The van der Waals surface area contributed by atoms with Crippen molar-refractivity contribution in [2.45, 2.75) is 19.3 Å². The van der Waals surface area contributed by atoms with Crippen LogP contribution in [0.3, 0.4) is 0 Å². The Kier molecular flexibility index (Phi) is 12.7. The molecule has 5 nitrogen and oxygen atoms in total. The van der Waals surface area contributed by atoms with Crippen molar-refractivity contribution in [1.82, 2.24) is 0 Å². The number of methoxy groups -OCH3 is 1. The first-order valence-electron chi connectivity index (χ1n) is 10.5. The van der Waals surface area contributed by atoms with Crippen LogP contribution in [0.4, 0.5) is 0 Å². The van der Waals surface area contributed by atoms with Crippen LogP contribution in [-0.4, -0.2) is 63.6 Å². The minimum atomic E-state index is 0.267. The van der Waals surface area contributed by atoms with E-state index in [4.69, 9.17) is 42.1 Å². The van der Waals surface area contributed by atoms with Gasteiger partial charge in [0, 0.05) is 25.3 Å². The number of aryl methyl sites for hydroxylation is 2. The summed E-state index contributed by atoms with van der Waals surface area (Å²) in [4.78, 5) is 0. The minimum Gasteiger partial charge on any atom is -0.508 e. The zero-order valence-electron chi connectivity index (χ0n) is 18.1. The smallest absolute Gasteiger partial charge is 0.122 e. The summed E-state index contributed by atoms with van der Waals surface area (Å²) >= 11 is 11.8. The van der Waals surface area contributed by atoms with Gasteiger partial charge in [-0.05, 0) is 47.2 Å². The number of hydrogen-bond acceptors (Lipinski definition) is 5. The zero-order valence-corrected chi connectivity index (χ0v) is 19.6. The van der Waals surface area contributed by atoms with Crippen molar-refractivity contribution in [3.63, 3.8) is 0 Å². The Morgan fingerprint density at radius 2 is 1.32 bits per heavy atom. The maximum absolute atomic E-state index is 10.3. The molecule has 0 aliphatic rings. The van der Waals surface area contributed by atoms with Crippen LogP contribution in [0.1, 0.15) is 22.3 Å². The predicted octanol–water partition coefficient (Wildman–Crippen LogP) is 4.60. The molecule has 2 rings (SSSR count). The van der Waals surface area contributed by atoms with E-state index < -0.39 is 0 Å². The molecule has 0 heterocycles. The van der Waals surface area contributed by atoms with E-state index in [1.807, 2.05) is 24.3 Å². The van der Waals surface area contributed by atoms with Crippen LogP contribution in [0.15, 0.2) is 36.4 Å². The Labute approximate surface area is 195 Å². The Hall–Kier alpha value is -1.50. The quantitative estimate of drug-likeness (QED) is 0.286. The summed E-state index contributed by atoms with van der Waals surface area (Å²) in [5.74, 6) is 2.14. The van der Waals surface area contributed by atoms with Crippen molar-refractivity contribution in [3.05, 3.63) is 58.7 Å². The van der Waals surface area contributed by atoms with Crippen molar-refractivity contribution < 1.29 is 24.1 Å². The number of alkyl halides is 2. The number of hydrogen-bond donors (Lipinski definition) is 1. The van der Waals surface area contributed by atoms with Crippen LogP contribution >= 0.6 is 23.2 Å². The van der Waals surface area contributed by atoms with Gasteiger partial charge in [-0.25, -0.2) is 0 Å². The summed E-state index contributed by atoms with van der Waals surface area (Å²) in [5.41, 5.74) is 4.09. The third kappa shape index (κ3) is 9.67. The lowest BCUT2D eigenvalue weighted by Gasteiger charge is -2.15. The maximum atomic E-state index is 10.3. The number of phenolic OH excluding ortho intramolecular Hbond substituents is 1. The summed E-state index contributed by atoms with van der Waals surface area (Å²) in [6.07, 6.45) is 2.10. The molecule has 2 aromatic carbocycles. The van der Waals surface area contributed by atoms with Gasteiger partial charge in [0.2, 0.25) is 0 Å². The van der Waals surface area contributed by atoms with E-state index in [1.165, 1.54) is 0 Å². The van der Waals surface area contributed by atoms with E-state index >= 15 is 0 Å². The molecule has 0 aliphatic carbocycles. The number of rotatable bonds is 16. The van der Waals surface area contributed by atoms with Gasteiger partial charge in [0.05, 0.1) is 33.0 Å². The van der Waals surface area contributed by atoms with Crippen LogP contribution in [-0.2, 0) is 33.5 Å². The van der Waals surface area contributed by atoms with E-state index in [2.05, 4.69) is 6.07 Å². The lowest BCUT2D eigenvalue weighted by atomic mass is 9.98. The van der Waals surface area contributed by atoms with Crippen molar-refractivity contribution in [3.8, 4) is 11.5 Å². The van der Waals surface area contributed by atoms with Crippen LogP contribution in [0.5, 0.6) is 11.5 Å². The van der Waals surface area contributed by atoms with E-state index in [-0.39, 0.29) is 5.75 Å². The fourth-order valence-corrected chi connectivity index (χ4v) is 3.54. The molecular formula is C24H32Cl2O5. The van der Waals surface area contributed by atoms with E-state index in [1.54, 1.807) is 13.2 Å². The minimum absolute atomic E-state index is 0.267. The summed E-state index contributed by atoms with van der Waals surface area (Å²) in [6, 6.07) is 11.7. The standard InChI is InChI=1S/C24H32Cl2O5/c1-28-10-11-29-12-13-30-14-15-31-24-5-3-20(7-9-26)17-22(24)18-21-16-19(6-8-25)2-4-23(21)27/h2-5,16-17,27H,6-15,18H2,1H3. The molecular weight excluding hydrogens is 439 g/mol. The number of benzene rings is 2. The normalized spacial score (nSPS) is 11.1.